The number of carbonyl (C=O) groups is 1. The first-order valence-electron chi connectivity index (χ1n) is 4.37. The van der Waals surface area contributed by atoms with E-state index in [-0.39, 0.29) is 5.56 Å². The molecule has 1 rings (SSSR count). The first kappa shape index (κ1) is 12.4. The predicted octanol–water partition coefficient (Wildman–Crippen LogP) is 2.35. The number of alkyl halides is 1. The number of aromatic nitrogens is 2. The van der Waals surface area contributed by atoms with Gasteiger partial charge in [-0.3, -0.25) is 0 Å². The average molecular weight is 291 g/mol. The number of carboxylic acids is 1. The molecule has 0 radical (unpaired) electrons. The lowest BCUT2D eigenvalue weighted by Gasteiger charge is -2.08. The standard InChI is InChI=1S/C9H11BrN2O2S/c1-3-5-7(8(13)14)6(4-10)12-9(11-5)15-2/h3-4H2,1-2H3,(H,13,14). The first-order valence-corrected chi connectivity index (χ1v) is 6.71. The van der Waals surface area contributed by atoms with Crippen LogP contribution in [0.15, 0.2) is 5.16 Å². The van der Waals surface area contributed by atoms with E-state index in [0.717, 1.165) is 0 Å². The fourth-order valence-electron chi connectivity index (χ4n) is 1.22. The minimum absolute atomic E-state index is 0.229. The molecule has 1 heterocycles. The molecule has 0 saturated heterocycles. The summed E-state index contributed by atoms with van der Waals surface area (Å²) in [7, 11) is 0. The van der Waals surface area contributed by atoms with Crippen LogP contribution in [0.25, 0.3) is 0 Å². The summed E-state index contributed by atoms with van der Waals surface area (Å²) in [5.41, 5.74) is 1.36. The Balaban J connectivity index is 3.39. The molecular weight excluding hydrogens is 280 g/mol. The Morgan fingerprint density at radius 2 is 2.07 bits per heavy atom. The van der Waals surface area contributed by atoms with E-state index in [1.807, 2.05) is 13.2 Å². The molecule has 6 heteroatoms. The fraction of sp³-hybridized carbons (Fsp3) is 0.444. The summed E-state index contributed by atoms with van der Waals surface area (Å²) in [6.07, 6.45) is 2.46. The molecule has 0 spiro atoms. The Labute approximate surface area is 101 Å². The maximum Gasteiger partial charge on any atom is 0.339 e. The van der Waals surface area contributed by atoms with Gasteiger partial charge in [0, 0.05) is 5.33 Å². The number of halogens is 1. The third-order valence-electron chi connectivity index (χ3n) is 1.90. The molecule has 0 aromatic carbocycles. The monoisotopic (exact) mass is 290 g/mol. The normalized spacial score (nSPS) is 10.3. The van der Waals surface area contributed by atoms with Gasteiger partial charge in [0.1, 0.15) is 5.56 Å². The third-order valence-corrected chi connectivity index (χ3v) is 2.98. The average Bonchev–Trinajstić information content (AvgIpc) is 2.26. The minimum atomic E-state index is -0.964. The van der Waals surface area contributed by atoms with Gasteiger partial charge in [0.2, 0.25) is 0 Å². The summed E-state index contributed by atoms with van der Waals surface area (Å²) in [4.78, 5) is 19.4. The van der Waals surface area contributed by atoms with Crippen LogP contribution < -0.4 is 0 Å². The maximum atomic E-state index is 11.1. The van der Waals surface area contributed by atoms with E-state index in [0.29, 0.717) is 28.3 Å². The Morgan fingerprint density at radius 1 is 1.47 bits per heavy atom. The molecule has 1 aromatic rings. The summed E-state index contributed by atoms with van der Waals surface area (Å²) >= 11 is 4.65. The van der Waals surface area contributed by atoms with Crippen molar-refractivity contribution in [1.29, 1.82) is 0 Å². The smallest absolute Gasteiger partial charge is 0.339 e. The van der Waals surface area contributed by atoms with Gasteiger partial charge in [-0.05, 0) is 12.7 Å². The van der Waals surface area contributed by atoms with E-state index in [2.05, 4.69) is 25.9 Å². The van der Waals surface area contributed by atoms with Crippen molar-refractivity contribution in [2.24, 2.45) is 0 Å². The topological polar surface area (TPSA) is 63.1 Å². The van der Waals surface area contributed by atoms with Gasteiger partial charge >= 0.3 is 5.97 Å². The van der Waals surface area contributed by atoms with Crippen molar-refractivity contribution >= 4 is 33.7 Å². The molecule has 0 fully saturated rings. The zero-order valence-corrected chi connectivity index (χ0v) is 10.9. The number of hydrogen-bond donors (Lipinski definition) is 1. The van der Waals surface area contributed by atoms with E-state index in [9.17, 15) is 4.79 Å². The molecule has 0 bridgehead atoms. The highest BCUT2D eigenvalue weighted by atomic mass is 79.9. The van der Waals surface area contributed by atoms with Crippen LogP contribution in [0.4, 0.5) is 0 Å². The zero-order chi connectivity index (χ0) is 11.4. The molecule has 4 nitrogen and oxygen atoms in total. The van der Waals surface area contributed by atoms with Crippen LogP contribution in [0.3, 0.4) is 0 Å². The molecule has 0 aliphatic rings. The Hall–Kier alpha value is -0.620. The molecule has 82 valence electrons. The van der Waals surface area contributed by atoms with Crippen molar-refractivity contribution < 1.29 is 9.90 Å². The minimum Gasteiger partial charge on any atom is -0.478 e. The number of aryl methyl sites for hydroxylation is 1. The van der Waals surface area contributed by atoms with Crippen LogP contribution in [0.1, 0.15) is 28.7 Å². The molecule has 1 N–H and O–H groups in total. The van der Waals surface area contributed by atoms with Crippen LogP contribution in [0.5, 0.6) is 0 Å². The fourth-order valence-corrected chi connectivity index (χ4v) is 2.03. The highest BCUT2D eigenvalue weighted by Gasteiger charge is 2.18. The summed E-state index contributed by atoms with van der Waals surface area (Å²) in [5.74, 6) is -0.964. The predicted molar refractivity (Wildman–Crippen MR) is 62.8 cm³/mol. The van der Waals surface area contributed by atoms with Crippen molar-refractivity contribution in [2.45, 2.75) is 23.8 Å². The summed E-state index contributed by atoms with van der Waals surface area (Å²) in [5, 5.41) is 10.1. The van der Waals surface area contributed by atoms with Crippen molar-refractivity contribution in [1.82, 2.24) is 9.97 Å². The van der Waals surface area contributed by atoms with Gasteiger partial charge in [-0.15, -0.1) is 0 Å². The Bertz CT molecular complexity index is 359. The van der Waals surface area contributed by atoms with Crippen molar-refractivity contribution in [3.05, 3.63) is 17.0 Å². The molecular formula is C9H11BrN2O2S. The van der Waals surface area contributed by atoms with Crippen LogP contribution in [0.2, 0.25) is 0 Å². The van der Waals surface area contributed by atoms with Gasteiger partial charge in [-0.2, -0.15) is 0 Å². The van der Waals surface area contributed by atoms with Gasteiger partial charge in [-0.1, -0.05) is 34.6 Å². The lowest BCUT2D eigenvalue weighted by molar-refractivity contribution is 0.0693. The highest BCUT2D eigenvalue weighted by molar-refractivity contribution is 9.08. The Morgan fingerprint density at radius 3 is 2.47 bits per heavy atom. The molecule has 0 aliphatic carbocycles. The SMILES string of the molecule is CCc1nc(SC)nc(CBr)c1C(=O)O. The first-order chi connectivity index (χ1) is 7.13. The second-order valence-corrected chi connectivity index (χ2v) is 4.11. The lowest BCUT2D eigenvalue weighted by Crippen LogP contribution is -2.11. The summed E-state index contributed by atoms with van der Waals surface area (Å²) < 4.78 is 0. The second kappa shape index (κ2) is 5.46. The highest BCUT2D eigenvalue weighted by Crippen LogP contribution is 2.19. The molecule has 15 heavy (non-hydrogen) atoms. The van der Waals surface area contributed by atoms with Gasteiger partial charge < -0.3 is 5.11 Å². The number of aromatic carboxylic acids is 1. The van der Waals surface area contributed by atoms with Crippen LogP contribution in [-0.2, 0) is 11.8 Å². The van der Waals surface area contributed by atoms with Crippen LogP contribution >= 0.6 is 27.7 Å². The van der Waals surface area contributed by atoms with Gasteiger partial charge in [0.25, 0.3) is 0 Å². The van der Waals surface area contributed by atoms with E-state index >= 15 is 0 Å². The van der Waals surface area contributed by atoms with Crippen molar-refractivity contribution in [3.63, 3.8) is 0 Å². The van der Waals surface area contributed by atoms with E-state index in [4.69, 9.17) is 5.11 Å². The Kier molecular flexibility index (Phi) is 4.53. The third kappa shape index (κ3) is 2.69. The van der Waals surface area contributed by atoms with Crippen LogP contribution in [-0.4, -0.2) is 27.3 Å². The van der Waals surface area contributed by atoms with E-state index < -0.39 is 5.97 Å². The molecule has 0 amide bonds. The van der Waals surface area contributed by atoms with Crippen LogP contribution in [0, 0.1) is 0 Å². The molecule has 0 unspecified atom stereocenters. The second-order valence-electron chi connectivity index (χ2n) is 2.77. The van der Waals surface area contributed by atoms with Crippen molar-refractivity contribution in [3.8, 4) is 0 Å². The van der Waals surface area contributed by atoms with Gasteiger partial charge in [0.05, 0.1) is 11.4 Å². The maximum absolute atomic E-state index is 11.1. The number of thioether (sulfide) groups is 1. The summed E-state index contributed by atoms with van der Waals surface area (Å²) in [6, 6.07) is 0. The van der Waals surface area contributed by atoms with E-state index in [1.54, 1.807) is 0 Å². The molecule has 0 saturated carbocycles. The quantitative estimate of drug-likeness (QED) is 0.524. The van der Waals surface area contributed by atoms with E-state index in [1.165, 1.54) is 11.8 Å². The number of hydrogen-bond acceptors (Lipinski definition) is 4. The largest absolute Gasteiger partial charge is 0.478 e. The van der Waals surface area contributed by atoms with Gasteiger partial charge in [0.15, 0.2) is 5.16 Å². The molecule has 1 aromatic heterocycles. The summed E-state index contributed by atoms with van der Waals surface area (Å²) in [6.45, 7) is 1.89. The zero-order valence-electron chi connectivity index (χ0n) is 8.45. The van der Waals surface area contributed by atoms with Gasteiger partial charge in [-0.25, -0.2) is 14.8 Å². The molecule has 0 aliphatic heterocycles. The number of rotatable bonds is 4. The lowest BCUT2D eigenvalue weighted by atomic mass is 10.1. The number of carboxylic acid groups (broad SMARTS) is 1. The van der Waals surface area contributed by atoms with Crippen molar-refractivity contribution in [2.75, 3.05) is 6.26 Å². The number of nitrogens with zero attached hydrogens (tertiary/aromatic N) is 2. The molecule has 0 atom stereocenters.